The molecule has 0 aliphatic carbocycles. The summed E-state index contributed by atoms with van der Waals surface area (Å²) in [5.74, 6) is -6.12. The first-order valence-corrected chi connectivity index (χ1v) is 13.1. The smallest absolute Gasteiger partial charge is 0.330 e. The van der Waals surface area contributed by atoms with Gasteiger partial charge in [-0.1, -0.05) is 12.1 Å². The number of carbonyl (C=O) groups is 1. The fraction of sp³-hybridized carbons (Fsp3) is 0.200. The molecule has 9 N–H and O–H groups in total. The van der Waals surface area contributed by atoms with Crippen molar-refractivity contribution >= 4 is 23.0 Å². The van der Waals surface area contributed by atoms with Crippen LogP contribution in [-0.2, 0) is 14.3 Å². The number of aliphatic hydroxyl groups excluding tert-OH is 3. The van der Waals surface area contributed by atoms with Crippen molar-refractivity contribution in [2.45, 2.75) is 30.7 Å². The van der Waals surface area contributed by atoms with E-state index in [1.165, 1.54) is 24.3 Å². The van der Waals surface area contributed by atoms with Crippen molar-refractivity contribution in [3.63, 3.8) is 0 Å². The third-order valence-electron chi connectivity index (χ3n) is 6.92. The van der Waals surface area contributed by atoms with Crippen molar-refractivity contribution in [3.8, 4) is 51.6 Å². The van der Waals surface area contributed by atoms with Gasteiger partial charge in [0.25, 0.3) is 0 Å². The lowest BCUT2D eigenvalue weighted by molar-refractivity contribution is -0.278. The van der Waals surface area contributed by atoms with E-state index in [0.717, 1.165) is 24.3 Å². The average molecular weight is 627 g/mol. The molecule has 0 spiro atoms. The molecule has 15 nitrogen and oxygen atoms in total. The molecule has 1 saturated heterocycles. The lowest BCUT2D eigenvalue weighted by Gasteiger charge is -2.39. The summed E-state index contributed by atoms with van der Waals surface area (Å²) >= 11 is 0. The van der Waals surface area contributed by atoms with Gasteiger partial charge < -0.3 is 64.6 Å². The highest BCUT2D eigenvalue weighted by atomic mass is 16.7. The topological polar surface area (TPSA) is 257 Å². The van der Waals surface area contributed by atoms with Gasteiger partial charge in [0.15, 0.2) is 28.8 Å². The molecule has 1 fully saturated rings. The summed E-state index contributed by atoms with van der Waals surface area (Å²) in [6, 6.07) is 10.1. The molecule has 2 heterocycles. The standard InChI is InChI=1S/C30H26O15/c31-14-5-1-12(2-6-14)3-8-20(34)42-11-19-23(36)26(39)28(41)30(45-19)44-18-10-17-21(24(37)22(18)35)25(38)27(40)29(43-17)13-4-7-15(32)16(33)9-13/h1-10,19,23,26,28,30-33,35-37,39-41H,11H2/b8-3+/t19-,23-,26+,28-,30-/m1/s1. The van der Waals surface area contributed by atoms with E-state index >= 15 is 0 Å². The lowest BCUT2D eigenvalue weighted by atomic mass is 9.99. The quantitative estimate of drug-likeness (QED) is 0.0791. The van der Waals surface area contributed by atoms with Crippen LogP contribution in [0.3, 0.4) is 0 Å². The maximum Gasteiger partial charge on any atom is 0.330 e. The first-order valence-electron chi connectivity index (χ1n) is 13.1. The number of benzene rings is 3. The maximum absolute atomic E-state index is 12.9. The van der Waals surface area contributed by atoms with E-state index in [0.29, 0.717) is 5.56 Å². The SMILES string of the molecule is O=C(/C=C/c1ccc(O)cc1)OC[C@H]1O[C@@H](Oc2cc3oc(-c4ccc(O)c(O)c4)c(O)c(=O)c3c(O)c2O)[C@H](O)[C@@H](O)[C@@H]1O. The third kappa shape index (κ3) is 6.13. The zero-order chi connectivity index (χ0) is 32.6. The van der Waals surface area contributed by atoms with Gasteiger partial charge in [-0.2, -0.15) is 0 Å². The summed E-state index contributed by atoms with van der Waals surface area (Å²) in [5, 5.41) is 90.9. The zero-order valence-corrected chi connectivity index (χ0v) is 22.8. The molecule has 3 aromatic carbocycles. The maximum atomic E-state index is 12.9. The molecule has 236 valence electrons. The number of fused-ring (bicyclic) bond motifs is 1. The Morgan fingerprint density at radius 3 is 2.22 bits per heavy atom. The molecule has 0 bridgehead atoms. The number of ether oxygens (including phenoxy) is 3. The Labute approximate surface area is 251 Å². The molecule has 0 saturated carbocycles. The molecule has 1 aliphatic rings. The van der Waals surface area contributed by atoms with Gasteiger partial charge in [0, 0.05) is 17.7 Å². The van der Waals surface area contributed by atoms with Crippen molar-refractivity contribution in [2.75, 3.05) is 6.61 Å². The number of rotatable bonds is 7. The minimum absolute atomic E-state index is 0.0340. The van der Waals surface area contributed by atoms with Gasteiger partial charge in [-0.3, -0.25) is 4.79 Å². The Bertz CT molecular complexity index is 1830. The average Bonchev–Trinajstić information content (AvgIpc) is 3.02. The second kappa shape index (κ2) is 12.3. The number of hydrogen-bond donors (Lipinski definition) is 9. The van der Waals surface area contributed by atoms with Crippen molar-refractivity contribution in [1.82, 2.24) is 0 Å². The van der Waals surface area contributed by atoms with Crippen molar-refractivity contribution in [3.05, 3.63) is 70.4 Å². The molecule has 0 amide bonds. The zero-order valence-electron chi connectivity index (χ0n) is 22.8. The Kier molecular flexibility index (Phi) is 8.43. The summed E-state index contributed by atoms with van der Waals surface area (Å²) in [4.78, 5) is 25.1. The van der Waals surface area contributed by atoms with E-state index < -0.39 is 99.9 Å². The molecule has 0 unspecified atom stereocenters. The molecule has 15 heteroatoms. The van der Waals surface area contributed by atoms with E-state index in [-0.39, 0.29) is 11.3 Å². The fourth-order valence-electron chi connectivity index (χ4n) is 4.48. The third-order valence-corrected chi connectivity index (χ3v) is 6.92. The Morgan fingerprint density at radius 2 is 1.53 bits per heavy atom. The van der Waals surface area contributed by atoms with Crippen LogP contribution < -0.4 is 10.2 Å². The van der Waals surface area contributed by atoms with Crippen LogP contribution in [0.1, 0.15) is 5.56 Å². The number of carbonyl (C=O) groups excluding carboxylic acids is 1. The fourth-order valence-corrected chi connectivity index (χ4v) is 4.48. The summed E-state index contributed by atoms with van der Waals surface area (Å²) in [5.41, 5.74) is -1.09. The van der Waals surface area contributed by atoms with Crippen molar-refractivity contribution in [1.29, 1.82) is 0 Å². The molecule has 1 aliphatic heterocycles. The van der Waals surface area contributed by atoms with Gasteiger partial charge in [0.2, 0.25) is 23.2 Å². The minimum Gasteiger partial charge on any atom is -0.508 e. The number of aromatic hydroxyl groups is 6. The van der Waals surface area contributed by atoms with E-state index in [1.807, 2.05) is 0 Å². The van der Waals surface area contributed by atoms with Crippen LogP contribution >= 0.6 is 0 Å². The Balaban J connectivity index is 1.38. The number of phenols is 5. The van der Waals surface area contributed by atoms with Crippen LogP contribution in [0.15, 0.2) is 63.8 Å². The molecule has 5 atom stereocenters. The predicted molar refractivity (Wildman–Crippen MR) is 152 cm³/mol. The molecule has 1 aromatic heterocycles. The summed E-state index contributed by atoms with van der Waals surface area (Å²) < 4.78 is 21.6. The van der Waals surface area contributed by atoms with Gasteiger partial charge >= 0.3 is 5.97 Å². The number of hydrogen-bond acceptors (Lipinski definition) is 15. The second-order valence-electron chi connectivity index (χ2n) is 9.94. The highest BCUT2D eigenvalue weighted by Crippen LogP contribution is 2.44. The Hall–Kier alpha value is -5.48. The lowest BCUT2D eigenvalue weighted by Crippen LogP contribution is -2.60. The summed E-state index contributed by atoms with van der Waals surface area (Å²) in [6.07, 6.45) is -6.39. The van der Waals surface area contributed by atoms with Gasteiger partial charge in [0.1, 0.15) is 47.7 Å². The van der Waals surface area contributed by atoms with Crippen LogP contribution in [-0.4, -0.2) is 89.2 Å². The summed E-state index contributed by atoms with van der Waals surface area (Å²) in [7, 11) is 0. The highest BCUT2D eigenvalue weighted by molar-refractivity contribution is 5.91. The second-order valence-corrected chi connectivity index (χ2v) is 9.94. The van der Waals surface area contributed by atoms with E-state index in [2.05, 4.69) is 0 Å². The number of esters is 1. The first kappa shape index (κ1) is 31.0. The van der Waals surface area contributed by atoms with Crippen LogP contribution in [0, 0.1) is 0 Å². The molecule has 4 aromatic rings. The Morgan fingerprint density at radius 1 is 0.822 bits per heavy atom. The molecular formula is C30H26O15. The van der Waals surface area contributed by atoms with E-state index in [9.17, 15) is 55.5 Å². The first-order chi connectivity index (χ1) is 21.3. The van der Waals surface area contributed by atoms with E-state index in [4.69, 9.17) is 18.6 Å². The van der Waals surface area contributed by atoms with Crippen molar-refractivity contribution in [2.24, 2.45) is 0 Å². The molecule has 0 radical (unpaired) electrons. The van der Waals surface area contributed by atoms with Crippen LogP contribution in [0.25, 0.3) is 28.4 Å². The van der Waals surface area contributed by atoms with Gasteiger partial charge in [-0.25, -0.2) is 4.79 Å². The molecule has 45 heavy (non-hydrogen) atoms. The van der Waals surface area contributed by atoms with Crippen LogP contribution in [0.4, 0.5) is 0 Å². The number of aliphatic hydroxyl groups is 3. The van der Waals surface area contributed by atoms with Crippen LogP contribution in [0.2, 0.25) is 0 Å². The van der Waals surface area contributed by atoms with Gasteiger partial charge in [0.05, 0.1) is 0 Å². The van der Waals surface area contributed by atoms with Gasteiger partial charge in [-0.05, 0) is 42.0 Å². The molecule has 5 rings (SSSR count). The molecular weight excluding hydrogens is 600 g/mol. The highest BCUT2D eigenvalue weighted by Gasteiger charge is 2.46. The van der Waals surface area contributed by atoms with E-state index in [1.54, 1.807) is 12.1 Å². The van der Waals surface area contributed by atoms with Gasteiger partial charge in [-0.15, -0.1) is 0 Å². The summed E-state index contributed by atoms with van der Waals surface area (Å²) in [6.45, 7) is -0.616. The van der Waals surface area contributed by atoms with Crippen LogP contribution in [0.5, 0.6) is 40.2 Å². The minimum atomic E-state index is -1.93. The predicted octanol–water partition coefficient (Wildman–Crippen LogP) is 1.14. The largest absolute Gasteiger partial charge is 0.508 e. The monoisotopic (exact) mass is 626 g/mol. The normalized spacial score (nSPS) is 21.6. The van der Waals surface area contributed by atoms with Crippen molar-refractivity contribution < 1.29 is 69.4 Å². The number of phenolic OH excluding ortho intramolecular Hbond substituents is 5.